The number of rotatable bonds is 3. The van der Waals surface area contributed by atoms with Crippen LogP contribution in [-0.2, 0) is 11.2 Å². The highest BCUT2D eigenvalue weighted by Gasteiger charge is 2.14. The van der Waals surface area contributed by atoms with Gasteiger partial charge in [0, 0.05) is 5.69 Å². The summed E-state index contributed by atoms with van der Waals surface area (Å²) in [4.78, 5) is 4.29. The fraction of sp³-hybridized carbons (Fsp3) is 0.500. The van der Waals surface area contributed by atoms with Crippen LogP contribution in [0.5, 0.6) is 0 Å². The number of anilines is 1. The smallest absolute Gasteiger partial charge is 0.289 e. The second kappa shape index (κ2) is 5.21. The van der Waals surface area contributed by atoms with Gasteiger partial charge in [-0.2, -0.15) is 0 Å². The molecule has 0 atom stereocenters. The first-order valence-corrected chi connectivity index (χ1v) is 6.28. The number of amidine groups is 1. The zero-order chi connectivity index (χ0) is 12.3. The number of ether oxygens (including phenoxy) is 1. The maximum absolute atomic E-state index is 5.43. The van der Waals surface area contributed by atoms with Crippen LogP contribution in [0.3, 0.4) is 0 Å². The number of nitrogens with one attached hydrogen (secondary N) is 1. The van der Waals surface area contributed by atoms with Crippen molar-refractivity contribution in [2.45, 2.75) is 33.1 Å². The second-order valence-electron chi connectivity index (χ2n) is 4.55. The van der Waals surface area contributed by atoms with Gasteiger partial charge in [0.1, 0.15) is 6.61 Å². The fourth-order valence-electron chi connectivity index (χ4n) is 2.07. The molecule has 0 saturated heterocycles. The van der Waals surface area contributed by atoms with Crippen LogP contribution in [0, 0.1) is 0 Å². The van der Waals surface area contributed by atoms with Crippen molar-refractivity contribution in [3.63, 3.8) is 0 Å². The van der Waals surface area contributed by atoms with Gasteiger partial charge in [0.05, 0.1) is 6.54 Å². The van der Waals surface area contributed by atoms with Gasteiger partial charge in [0.2, 0.25) is 0 Å². The zero-order valence-electron chi connectivity index (χ0n) is 10.8. The molecule has 1 aromatic rings. The molecule has 2 rings (SSSR count). The van der Waals surface area contributed by atoms with Crippen molar-refractivity contribution in [1.82, 2.24) is 0 Å². The average Bonchev–Trinajstić information content (AvgIpc) is 2.82. The Hall–Kier alpha value is -1.51. The Labute approximate surface area is 103 Å². The maximum atomic E-state index is 5.43. The van der Waals surface area contributed by atoms with Crippen molar-refractivity contribution in [2.24, 2.45) is 4.99 Å². The van der Waals surface area contributed by atoms with Crippen molar-refractivity contribution in [2.75, 3.05) is 18.5 Å². The molecule has 0 saturated carbocycles. The van der Waals surface area contributed by atoms with E-state index in [9.17, 15) is 0 Å². The molecule has 0 aromatic heterocycles. The van der Waals surface area contributed by atoms with E-state index in [1.165, 1.54) is 16.8 Å². The molecule has 0 spiro atoms. The topological polar surface area (TPSA) is 33.6 Å². The van der Waals surface area contributed by atoms with E-state index in [2.05, 4.69) is 49.3 Å². The standard InChI is InChI=1S/C14H20N2O/c1-4-11-6-5-7-12(10(2)3)13(11)16-14-15-8-9-17-14/h5-7,10H,4,8-9H2,1-3H3,(H,15,16). The van der Waals surface area contributed by atoms with E-state index in [0.29, 0.717) is 18.5 Å². The van der Waals surface area contributed by atoms with Gasteiger partial charge in [0.15, 0.2) is 0 Å². The molecule has 0 unspecified atom stereocenters. The van der Waals surface area contributed by atoms with Gasteiger partial charge in [-0.15, -0.1) is 0 Å². The normalized spacial score (nSPS) is 14.7. The van der Waals surface area contributed by atoms with Gasteiger partial charge in [-0.25, -0.2) is 4.99 Å². The molecule has 0 radical (unpaired) electrons. The quantitative estimate of drug-likeness (QED) is 0.868. The van der Waals surface area contributed by atoms with E-state index in [4.69, 9.17) is 4.74 Å². The van der Waals surface area contributed by atoms with Gasteiger partial charge < -0.3 is 10.1 Å². The summed E-state index contributed by atoms with van der Waals surface area (Å²) in [5.41, 5.74) is 3.81. The molecular weight excluding hydrogens is 212 g/mol. The number of hydrogen-bond donors (Lipinski definition) is 1. The van der Waals surface area contributed by atoms with Crippen molar-refractivity contribution in [1.29, 1.82) is 0 Å². The maximum Gasteiger partial charge on any atom is 0.289 e. The first-order chi connectivity index (χ1) is 8.22. The first kappa shape index (κ1) is 12.0. The molecule has 0 fully saturated rings. The average molecular weight is 232 g/mol. The largest absolute Gasteiger partial charge is 0.463 e. The Bertz CT molecular complexity index is 424. The van der Waals surface area contributed by atoms with E-state index in [1.807, 2.05) is 0 Å². The number of nitrogens with zero attached hydrogens (tertiary/aromatic N) is 1. The molecular formula is C14H20N2O. The molecule has 0 amide bonds. The van der Waals surface area contributed by atoms with Gasteiger partial charge in [-0.05, 0) is 23.5 Å². The lowest BCUT2D eigenvalue weighted by Gasteiger charge is -2.17. The van der Waals surface area contributed by atoms with Gasteiger partial charge in [-0.3, -0.25) is 0 Å². The molecule has 3 nitrogen and oxygen atoms in total. The summed E-state index contributed by atoms with van der Waals surface area (Å²) in [6, 6.07) is 7.11. The third-order valence-electron chi connectivity index (χ3n) is 3.00. The number of aryl methyl sites for hydroxylation is 1. The number of para-hydroxylation sites is 1. The second-order valence-corrected chi connectivity index (χ2v) is 4.55. The third-order valence-corrected chi connectivity index (χ3v) is 3.00. The Morgan fingerprint density at radius 3 is 2.82 bits per heavy atom. The van der Waals surface area contributed by atoms with Crippen molar-refractivity contribution in [3.8, 4) is 0 Å². The molecule has 1 heterocycles. The molecule has 0 aliphatic carbocycles. The predicted octanol–water partition coefficient (Wildman–Crippen LogP) is 3.17. The molecule has 3 heteroatoms. The predicted molar refractivity (Wildman–Crippen MR) is 71.8 cm³/mol. The van der Waals surface area contributed by atoms with Crippen molar-refractivity contribution < 1.29 is 4.74 Å². The van der Waals surface area contributed by atoms with Crippen LogP contribution in [0.4, 0.5) is 5.69 Å². The summed E-state index contributed by atoms with van der Waals surface area (Å²) in [6.07, 6.45) is 1.01. The SMILES string of the molecule is CCc1cccc(C(C)C)c1NC1=NCCO1. The first-order valence-electron chi connectivity index (χ1n) is 6.28. The van der Waals surface area contributed by atoms with E-state index in [0.717, 1.165) is 13.0 Å². The summed E-state index contributed by atoms with van der Waals surface area (Å²) in [5, 5.41) is 3.34. The highest BCUT2D eigenvalue weighted by molar-refractivity contribution is 5.91. The Morgan fingerprint density at radius 1 is 1.41 bits per heavy atom. The molecule has 1 N–H and O–H groups in total. The number of benzene rings is 1. The van der Waals surface area contributed by atoms with E-state index in [1.54, 1.807) is 0 Å². The van der Waals surface area contributed by atoms with Crippen LogP contribution in [0.2, 0.25) is 0 Å². The van der Waals surface area contributed by atoms with Crippen LogP contribution in [0.15, 0.2) is 23.2 Å². The Balaban J connectivity index is 2.34. The van der Waals surface area contributed by atoms with Crippen LogP contribution >= 0.6 is 0 Å². The Kier molecular flexibility index (Phi) is 3.67. The van der Waals surface area contributed by atoms with Crippen molar-refractivity contribution in [3.05, 3.63) is 29.3 Å². The molecule has 92 valence electrons. The van der Waals surface area contributed by atoms with E-state index >= 15 is 0 Å². The molecule has 0 bridgehead atoms. The summed E-state index contributed by atoms with van der Waals surface area (Å²) in [6.45, 7) is 8.03. The van der Waals surface area contributed by atoms with Crippen molar-refractivity contribution >= 4 is 11.7 Å². The summed E-state index contributed by atoms with van der Waals surface area (Å²) in [7, 11) is 0. The minimum absolute atomic E-state index is 0.492. The summed E-state index contributed by atoms with van der Waals surface area (Å²) >= 11 is 0. The molecule has 17 heavy (non-hydrogen) atoms. The monoisotopic (exact) mass is 232 g/mol. The van der Waals surface area contributed by atoms with Crippen LogP contribution in [-0.4, -0.2) is 19.2 Å². The lowest BCUT2D eigenvalue weighted by molar-refractivity contribution is 0.346. The third kappa shape index (κ3) is 2.60. The summed E-state index contributed by atoms with van der Waals surface area (Å²) in [5.74, 6) is 0.492. The van der Waals surface area contributed by atoms with Gasteiger partial charge in [0.25, 0.3) is 6.02 Å². The van der Waals surface area contributed by atoms with Crippen LogP contribution in [0.1, 0.15) is 37.8 Å². The molecule has 1 aliphatic heterocycles. The number of hydrogen-bond acceptors (Lipinski definition) is 3. The Morgan fingerprint density at radius 2 is 2.24 bits per heavy atom. The highest BCUT2D eigenvalue weighted by Crippen LogP contribution is 2.28. The highest BCUT2D eigenvalue weighted by atomic mass is 16.5. The molecule has 1 aromatic carbocycles. The van der Waals surface area contributed by atoms with E-state index in [-0.39, 0.29) is 0 Å². The molecule has 1 aliphatic rings. The minimum Gasteiger partial charge on any atom is -0.463 e. The lowest BCUT2D eigenvalue weighted by Crippen LogP contribution is -2.15. The zero-order valence-corrected chi connectivity index (χ0v) is 10.8. The summed E-state index contributed by atoms with van der Waals surface area (Å²) < 4.78 is 5.43. The van der Waals surface area contributed by atoms with Gasteiger partial charge >= 0.3 is 0 Å². The van der Waals surface area contributed by atoms with Gasteiger partial charge in [-0.1, -0.05) is 39.0 Å². The van der Waals surface area contributed by atoms with Crippen LogP contribution < -0.4 is 5.32 Å². The lowest BCUT2D eigenvalue weighted by atomic mass is 9.97. The van der Waals surface area contributed by atoms with Crippen LogP contribution in [0.25, 0.3) is 0 Å². The van der Waals surface area contributed by atoms with E-state index < -0.39 is 0 Å². The minimum atomic E-state index is 0.492. The number of aliphatic imine (C=N–C) groups is 1. The fourth-order valence-corrected chi connectivity index (χ4v) is 2.07.